The molecule has 1 atom stereocenters. The third-order valence-electron chi connectivity index (χ3n) is 4.56. The van der Waals surface area contributed by atoms with E-state index in [1.807, 2.05) is 0 Å². The van der Waals surface area contributed by atoms with Crippen LogP contribution in [0.1, 0.15) is 58.2 Å². The minimum absolute atomic E-state index is 0.0517. The molecule has 0 aliphatic heterocycles. The van der Waals surface area contributed by atoms with Gasteiger partial charge in [0, 0.05) is 17.4 Å². The van der Waals surface area contributed by atoms with Gasteiger partial charge in [-0.3, -0.25) is 0 Å². The van der Waals surface area contributed by atoms with Crippen molar-refractivity contribution in [2.75, 3.05) is 14.1 Å². The summed E-state index contributed by atoms with van der Waals surface area (Å²) in [7, 11) is 4.63. The second-order valence-corrected chi connectivity index (χ2v) is 10.8. The highest BCUT2D eigenvalue weighted by atomic mass is 31.1. The molecule has 0 fully saturated rings. The number of rotatable bonds is 4. The molecular formula is C23H34NOP. The maximum atomic E-state index is 11.0. The van der Waals surface area contributed by atoms with Gasteiger partial charge in [-0.2, -0.15) is 0 Å². The van der Waals surface area contributed by atoms with Crippen molar-refractivity contribution in [3.05, 3.63) is 53.1 Å². The minimum Gasteiger partial charge on any atom is -0.507 e. The highest BCUT2D eigenvalue weighted by molar-refractivity contribution is 7.55. The highest BCUT2D eigenvalue weighted by Crippen LogP contribution is 2.36. The van der Waals surface area contributed by atoms with Crippen LogP contribution in [-0.2, 0) is 17.4 Å². The van der Waals surface area contributed by atoms with Crippen molar-refractivity contribution >= 4 is 19.2 Å². The molecule has 26 heavy (non-hydrogen) atoms. The number of hydrogen-bond acceptors (Lipinski definition) is 2. The van der Waals surface area contributed by atoms with Gasteiger partial charge in [0.05, 0.1) is 0 Å². The third kappa shape index (κ3) is 5.09. The Hall–Kier alpha value is -1.37. The summed E-state index contributed by atoms with van der Waals surface area (Å²) in [5.41, 5.74) is 3.61. The Morgan fingerprint density at radius 2 is 1.50 bits per heavy atom. The topological polar surface area (TPSA) is 23.5 Å². The molecule has 2 aromatic carbocycles. The van der Waals surface area contributed by atoms with E-state index in [-0.39, 0.29) is 10.8 Å². The first kappa shape index (κ1) is 20.9. The van der Waals surface area contributed by atoms with Crippen LogP contribution in [0.2, 0.25) is 0 Å². The van der Waals surface area contributed by atoms with Gasteiger partial charge in [-0.1, -0.05) is 80.5 Å². The summed E-state index contributed by atoms with van der Waals surface area (Å²) in [4.78, 5) is 2.19. The maximum absolute atomic E-state index is 11.0. The molecule has 2 aromatic rings. The Kier molecular flexibility index (Phi) is 6.20. The standard InChI is InChI=1S/C23H34NOP/c1-22(2,3)17-13-18(23(4,5)6)21(25)20(14-17)26-19-12-10-9-11-16(19)15-24(7)8/h9-14,25-26H,15H2,1-8H3. The van der Waals surface area contributed by atoms with Crippen molar-refractivity contribution in [1.82, 2.24) is 4.90 Å². The summed E-state index contributed by atoms with van der Waals surface area (Å²) in [6.45, 7) is 14.1. The average molecular weight is 372 g/mol. The molecule has 142 valence electrons. The molecule has 0 saturated carbocycles. The number of phenols is 1. The van der Waals surface area contributed by atoms with Gasteiger partial charge < -0.3 is 10.0 Å². The summed E-state index contributed by atoms with van der Waals surface area (Å²) >= 11 is 0. The molecule has 0 aliphatic carbocycles. The molecule has 3 heteroatoms. The lowest BCUT2D eigenvalue weighted by Crippen LogP contribution is -2.22. The fraction of sp³-hybridized carbons (Fsp3) is 0.478. The van der Waals surface area contributed by atoms with Crippen molar-refractivity contribution in [2.45, 2.75) is 58.9 Å². The second-order valence-electron chi connectivity index (χ2n) is 9.44. The molecule has 1 unspecified atom stereocenters. The first-order valence-electron chi connectivity index (χ1n) is 9.27. The van der Waals surface area contributed by atoms with E-state index in [0.29, 0.717) is 14.3 Å². The Bertz CT molecular complexity index is 767. The Balaban J connectivity index is 2.57. The molecule has 2 rings (SSSR count). The number of aromatic hydroxyl groups is 1. The van der Waals surface area contributed by atoms with Crippen LogP contribution in [0.15, 0.2) is 36.4 Å². The maximum Gasteiger partial charge on any atom is 0.127 e. The van der Waals surface area contributed by atoms with Gasteiger partial charge in [0.2, 0.25) is 0 Å². The van der Waals surface area contributed by atoms with Crippen molar-refractivity contribution in [3.8, 4) is 5.75 Å². The van der Waals surface area contributed by atoms with Crippen molar-refractivity contribution in [3.63, 3.8) is 0 Å². The lowest BCUT2D eigenvalue weighted by molar-refractivity contribution is 0.403. The van der Waals surface area contributed by atoms with E-state index in [9.17, 15) is 5.11 Å². The van der Waals surface area contributed by atoms with Crippen molar-refractivity contribution in [1.29, 1.82) is 0 Å². The van der Waals surface area contributed by atoms with Crippen LogP contribution in [0.5, 0.6) is 5.75 Å². The molecule has 0 spiro atoms. The van der Waals surface area contributed by atoms with Gasteiger partial charge in [0.25, 0.3) is 0 Å². The molecule has 0 aromatic heterocycles. The molecule has 2 nitrogen and oxygen atoms in total. The van der Waals surface area contributed by atoms with Gasteiger partial charge in [-0.05, 0) is 47.4 Å². The van der Waals surface area contributed by atoms with Crippen LogP contribution in [0.25, 0.3) is 0 Å². The number of hydrogen-bond donors (Lipinski definition) is 1. The lowest BCUT2D eigenvalue weighted by atomic mass is 9.80. The first-order valence-corrected chi connectivity index (χ1v) is 10.3. The lowest BCUT2D eigenvalue weighted by Gasteiger charge is -2.28. The van der Waals surface area contributed by atoms with Gasteiger partial charge in [0.1, 0.15) is 5.75 Å². The quantitative estimate of drug-likeness (QED) is 0.789. The Labute approximate surface area is 161 Å². The van der Waals surface area contributed by atoms with E-state index in [0.717, 1.165) is 17.4 Å². The molecule has 0 saturated heterocycles. The summed E-state index contributed by atoms with van der Waals surface area (Å²) in [5.74, 6) is 0.462. The molecule has 0 bridgehead atoms. The van der Waals surface area contributed by atoms with E-state index < -0.39 is 0 Å². The zero-order valence-corrected chi connectivity index (χ0v) is 18.6. The molecule has 1 N–H and O–H groups in total. The largest absolute Gasteiger partial charge is 0.507 e. The Morgan fingerprint density at radius 3 is 2.04 bits per heavy atom. The summed E-state index contributed by atoms with van der Waals surface area (Å²) in [5, 5.41) is 13.4. The molecule has 0 heterocycles. The van der Waals surface area contributed by atoms with Crippen LogP contribution < -0.4 is 10.6 Å². The van der Waals surface area contributed by atoms with Crippen molar-refractivity contribution < 1.29 is 5.11 Å². The predicted molar refractivity (Wildman–Crippen MR) is 117 cm³/mol. The van der Waals surface area contributed by atoms with E-state index in [2.05, 4.69) is 96.9 Å². The zero-order valence-electron chi connectivity index (χ0n) is 17.6. The van der Waals surface area contributed by atoms with E-state index in [1.54, 1.807) is 0 Å². The monoisotopic (exact) mass is 371 g/mol. The summed E-state index contributed by atoms with van der Waals surface area (Å²) in [6.07, 6.45) is 0. The zero-order chi connectivity index (χ0) is 19.7. The average Bonchev–Trinajstić information content (AvgIpc) is 2.48. The number of nitrogens with zero attached hydrogens (tertiary/aromatic N) is 1. The van der Waals surface area contributed by atoms with Crippen molar-refractivity contribution in [2.24, 2.45) is 0 Å². The third-order valence-corrected chi connectivity index (χ3v) is 5.96. The predicted octanol–water partition coefficient (Wildman–Crippen LogP) is 4.68. The van der Waals surface area contributed by atoms with Gasteiger partial charge in [0.15, 0.2) is 0 Å². The van der Waals surface area contributed by atoms with Crippen LogP contribution >= 0.6 is 8.58 Å². The van der Waals surface area contributed by atoms with E-state index >= 15 is 0 Å². The minimum atomic E-state index is -0.0896. The van der Waals surface area contributed by atoms with Gasteiger partial charge >= 0.3 is 0 Å². The molecule has 0 radical (unpaired) electrons. The summed E-state index contributed by atoms with van der Waals surface area (Å²) < 4.78 is 0. The highest BCUT2D eigenvalue weighted by Gasteiger charge is 2.25. The van der Waals surface area contributed by atoms with E-state index in [1.165, 1.54) is 16.4 Å². The number of benzene rings is 2. The van der Waals surface area contributed by atoms with E-state index in [4.69, 9.17) is 0 Å². The molecule has 0 aliphatic rings. The smallest absolute Gasteiger partial charge is 0.127 e. The fourth-order valence-electron chi connectivity index (χ4n) is 3.00. The van der Waals surface area contributed by atoms with Crippen LogP contribution in [0, 0.1) is 0 Å². The fourth-order valence-corrected chi connectivity index (χ4v) is 4.27. The van der Waals surface area contributed by atoms with Crippen LogP contribution in [0.4, 0.5) is 0 Å². The Morgan fingerprint density at radius 1 is 0.885 bits per heavy atom. The summed E-state index contributed by atoms with van der Waals surface area (Å²) in [6, 6.07) is 13.0. The SMILES string of the molecule is CN(C)Cc1ccccc1Pc1cc(C(C)(C)C)cc(C(C)(C)C)c1O. The molecule has 0 amide bonds. The second kappa shape index (κ2) is 7.71. The number of phenolic OH excluding ortho intramolecular Hbond substituents is 1. The molecular weight excluding hydrogens is 337 g/mol. The first-order chi connectivity index (χ1) is 11.9. The van der Waals surface area contributed by atoms with Crippen LogP contribution in [-0.4, -0.2) is 24.1 Å². The normalized spacial score (nSPS) is 13.1. The van der Waals surface area contributed by atoms with Crippen LogP contribution in [0.3, 0.4) is 0 Å². The van der Waals surface area contributed by atoms with Gasteiger partial charge in [-0.25, -0.2) is 0 Å². The van der Waals surface area contributed by atoms with Gasteiger partial charge in [-0.15, -0.1) is 0 Å².